The third-order valence-electron chi connectivity index (χ3n) is 2.40. The molecule has 1 aromatic carbocycles. The van der Waals surface area contributed by atoms with Crippen molar-refractivity contribution in [3.63, 3.8) is 0 Å². The topological polar surface area (TPSA) is 101 Å². The zero-order valence-electron chi connectivity index (χ0n) is 11.7. The predicted octanol–water partition coefficient (Wildman–Crippen LogP) is -2.27. The van der Waals surface area contributed by atoms with E-state index < -0.39 is 21.5 Å². The number of ether oxygens (including phenoxy) is 1. The fourth-order valence-corrected chi connectivity index (χ4v) is 1.78. The Morgan fingerprint density at radius 1 is 1.37 bits per heavy atom. The van der Waals surface area contributed by atoms with Crippen LogP contribution in [0.15, 0.2) is 24.3 Å². The minimum Gasteiger partial charge on any atom is -1.00 e. The van der Waals surface area contributed by atoms with Crippen molar-refractivity contribution in [2.75, 3.05) is 7.11 Å². The molecule has 0 fully saturated rings. The van der Waals surface area contributed by atoms with Gasteiger partial charge in [0.05, 0.1) is 12.7 Å². The van der Waals surface area contributed by atoms with Crippen molar-refractivity contribution in [1.29, 1.82) is 0 Å². The first kappa shape index (κ1) is 18.6. The summed E-state index contributed by atoms with van der Waals surface area (Å²) in [6.07, 6.45) is 0.152. The fourth-order valence-electron chi connectivity index (χ4n) is 1.36. The van der Waals surface area contributed by atoms with E-state index in [9.17, 15) is 13.2 Å². The second kappa shape index (κ2) is 7.98. The van der Waals surface area contributed by atoms with Gasteiger partial charge in [0.25, 0.3) is 10.1 Å². The summed E-state index contributed by atoms with van der Waals surface area (Å²) in [5, 5.41) is 9.12. The van der Waals surface area contributed by atoms with E-state index in [1.807, 2.05) is 0 Å². The number of aliphatic hydroxyl groups is 1. The summed E-state index contributed by atoms with van der Waals surface area (Å²) in [6, 6.07) is 6.34. The van der Waals surface area contributed by atoms with Gasteiger partial charge in [0.1, 0.15) is 0 Å². The minimum absolute atomic E-state index is 0. The van der Waals surface area contributed by atoms with Gasteiger partial charge in [-0.1, -0.05) is 12.1 Å². The Balaban J connectivity index is 0. The second-order valence-corrected chi connectivity index (χ2v) is 5.27. The summed E-state index contributed by atoms with van der Waals surface area (Å²) in [6.45, 7) is 0. The van der Waals surface area contributed by atoms with Crippen molar-refractivity contribution in [2.45, 2.75) is 18.3 Å². The molecule has 0 spiro atoms. The van der Waals surface area contributed by atoms with Crippen LogP contribution in [-0.4, -0.2) is 36.6 Å². The molecule has 1 rings (SSSR count). The molecule has 1 unspecified atom stereocenters. The van der Waals surface area contributed by atoms with E-state index >= 15 is 0 Å². The van der Waals surface area contributed by atoms with Gasteiger partial charge < -0.3 is 11.3 Å². The quantitative estimate of drug-likeness (QED) is 0.361. The van der Waals surface area contributed by atoms with Crippen LogP contribution in [-0.2, 0) is 21.3 Å². The molecular weight excluding hydrogens is 283 g/mol. The maximum atomic E-state index is 11.1. The summed E-state index contributed by atoms with van der Waals surface area (Å²) >= 11 is 0. The van der Waals surface area contributed by atoms with Gasteiger partial charge in [-0.3, -0.25) is 4.55 Å². The Bertz CT molecular complexity index is 516. The van der Waals surface area contributed by atoms with Crippen molar-refractivity contribution in [3.8, 4) is 0 Å². The Labute approximate surface area is 135 Å². The molecule has 0 aliphatic heterocycles. The predicted molar refractivity (Wildman–Crippen MR) is 64.8 cm³/mol. The summed E-state index contributed by atoms with van der Waals surface area (Å²) in [7, 11) is -3.14. The molecular formula is C11H15NaO6S. The molecule has 1 aromatic rings. The van der Waals surface area contributed by atoms with Crippen LogP contribution >= 0.6 is 0 Å². The number of hydrogen-bond donors (Lipinski definition) is 2. The summed E-state index contributed by atoms with van der Waals surface area (Å²) < 4.78 is 34.3. The molecule has 2 N–H and O–H groups in total. The van der Waals surface area contributed by atoms with Gasteiger partial charge in [-0.05, 0) is 30.5 Å². The average molecular weight is 298 g/mol. The molecule has 6 nitrogen and oxygen atoms in total. The number of esters is 1. The molecule has 0 heterocycles. The van der Waals surface area contributed by atoms with Gasteiger partial charge in [0.15, 0.2) is 5.44 Å². The van der Waals surface area contributed by atoms with Gasteiger partial charge in [0.2, 0.25) is 0 Å². The number of hydrogen-bond acceptors (Lipinski definition) is 5. The van der Waals surface area contributed by atoms with Gasteiger partial charge in [-0.2, -0.15) is 8.42 Å². The monoisotopic (exact) mass is 298 g/mol. The smallest absolute Gasteiger partial charge is 1.00 e. The van der Waals surface area contributed by atoms with Crippen LogP contribution in [0, 0.1) is 0 Å². The molecule has 0 radical (unpaired) electrons. The Kier molecular flexibility index (Phi) is 7.80. The van der Waals surface area contributed by atoms with Crippen LogP contribution in [0.3, 0.4) is 0 Å². The first-order valence-electron chi connectivity index (χ1n) is 5.16. The van der Waals surface area contributed by atoms with Crippen molar-refractivity contribution in [3.05, 3.63) is 35.4 Å². The van der Waals surface area contributed by atoms with Gasteiger partial charge in [-0.25, -0.2) is 4.79 Å². The molecule has 0 bridgehead atoms. The normalized spacial score (nSPS) is 12.4. The molecule has 1 atom stereocenters. The number of aryl methyl sites for hydroxylation is 1. The van der Waals surface area contributed by atoms with Gasteiger partial charge in [0, 0.05) is 0 Å². The number of aliphatic hydroxyl groups excluding tert-OH is 1. The number of benzene rings is 1. The van der Waals surface area contributed by atoms with Crippen LogP contribution < -0.4 is 29.6 Å². The number of rotatable bonds is 5. The number of methoxy groups -OCH3 is 1. The second-order valence-electron chi connectivity index (χ2n) is 3.70. The molecule has 102 valence electrons. The fraction of sp³-hybridized carbons (Fsp3) is 0.364. The Morgan fingerprint density at radius 3 is 2.32 bits per heavy atom. The standard InChI is InChI=1S/C11H14O6S.Na.H/c1-17-11(13)9-5-2-8(3-6-9)4-7-10(12)18(14,15)16;;/h2-3,5-6,10,12H,4,7H2,1H3,(H,14,15,16);;/q;+1;-1. The van der Waals surface area contributed by atoms with E-state index in [1.165, 1.54) is 7.11 Å². The SMILES string of the molecule is COC(=O)c1ccc(CCC(O)S(=O)(=O)O)cc1.[H-].[Na+]. The van der Waals surface area contributed by atoms with E-state index in [1.54, 1.807) is 24.3 Å². The average Bonchev–Trinajstić information content (AvgIpc) is 2.34. The molecule has 8 heteroatoms. The first-order valence-corrected chi connectivity index (χ1v) is 6.66. The van der Waals surface area contributed by atoms with E-state index in [0.717, 1.165) is 5.56 Å². The Hall–Kier alpha value is -0.440. The molecule has 0 aliphatic carbocycles. The van der Waals surface area contributed by atoms with Crippen LogP contribution in [0.4, 0.5) is 0 Å². The maximum Gasteiger partial charge on any atom is 1.00 e. The van der Waals surface area contributed by atoms with E-state index in [0.29, 0.717) is 5.56 Å². The molecule has 0 aliphatic rings. The zero-order valence-corrected chi connectivity index (χ0v) is 13.6. The summed E-state index contributed by atoms with van der Waals surface area (Å²) in [5.41, 5.74) is -0.667. The molecule has 0 amide bonds. The first-order chi connectivity index (χ1) is 8.34. The summed E-state index contributed by atoms with van der Waals surface area (Å²) in [4.78, 5) is 11.1. The third-order valence-corrected chi connectivity index (χ3v) is 3.32. The molecule has 19 heavy (non-hydrogen) atoms. The van der Waals surface area contributed by atoms with Crippen molar-refractivity contribution >= 4 is 16.1 Å². The van der Waals surface area contributed by atoms with E-state index in [-0.39, 0.29) is 43.8 Å². The maximum absolute atomic E-state index is 11.1. The Morgan fingerprint density at radius 2 is 1.89 bits per heavy atom. The molecule has 0 saturated heterocycles. The van der Waals surface area contributed by atoms with Crippen molar-refractivity contribution in [1.82, 2.24) is 0 Å². The van der Waals surface area contributed by atoms with Crippen LogP contribution in [0.5, 0.6) is 0 Å². The van der Waals surface area contributed by atoms with E-state index in [4.69, 9.17) is 9.66 Å². The third kappa shape index (κ3) is 6.03. The van der Waals surface area contributed by atoms with Crippen LogP contribution in [0.2, 0.25) is 0 Å². The van der Waals surface area contributed by atoms with Crippen molar-refractivity contribution in [2.24, 2.45) is 0 Å². The summed E-state index contributed by atoms with van der Waals surface area (Å²) in [5.74, 6) is -0.459. The van der Waals surface area contributed by atoms with Crippen LogP contribution in [0.1, 0.15) is 23.8 Å². The number of carbonyl (C=O) groups excluding carboxylic acids is 1. The van der Waals surface area contributed by atoms with Gasteiger partial charge in [-0.15, -0.1) is 0 Å². The zero-order chi connectivity index (χ0) is 13.8. The van der Waals surface area contributed by atoms with Gasteiger partial charge >= 0.3 is 35.5 Å². The largest absolute Gasteiger partial charge is 1.00 e. The number of carbonyl (C=O) groups is 1. The minimum atomic E-state index is -4.42. The molecule has 0 saturated carbocycles. The molecule has 0 aromatic heterocycles. The van der Waals surface area contributed by atoms with Crippen molar-refractivity contribution < 1.29 is 58.6 Å². The van der Waals surface area contributed by atoms with E-state index in [2.05, 4.69) is 4.74 Å². The van der Waals surface area contributed by atoms with Crippen LogP contribution in [0.25, 0.3) is 0 Å².